The molecule has 0 radical (unpaired) electrons. The van der Waals surface area contributed by atoms with Gasteiger partial charge in [0, 0.05) is 41.3 Å². The lowest BCUT2D eigenvalue weighted by atomic mass is 10.0. The van der Waals surface area contributed by atoms with E-state index in [1.54, 1.807) is 21.3 Å². The number of thioether (sulfide) groups is 1. The number of anilines is 2. The van der Waals surface area contributed by atoms with Crippen LogP contribution in [0.25, 0.3) is 5.69 Å². The summed E-state index contributed by atoms with van der Waals surface area (Å²) in [5.74, 6) is 0.178. The molecule has 1 saturated heterocycles. The molecule has 0 bridgehead atoms. The molecule has 36 heavy (non-hydrogen) atoms. The summed E-state index contributed by atoms with van der Waals surface area (Å²) in [5.41, 5.74) is 10.0. The summed E-state index contributed by atoms with van der Waals surface area (Å²) < 4.78 is 1.58. The van der Waals surface area contributed by atoms with E-state index in [1.165, 1.54) is 0 Å². The average molecular weight is 504 g/mol. The van der Waals surface area contributed by atoms with Crippen LogP contribution in [0.15, 0.2) is 47.4 Å². The lowest BCUT2D eigenvalue weighted by molar-refractivity contribution is -0.119. The van der Waals surface area contributed by atoms with Crippen molar-refractivity contribution in [3.8, 4) is 5.69 Å². The predicted octanol–water partition coefficient (Wildman–Crippen LogP) is 4.11. The lowest BCUT2D eigenvalue weighted by Gasteiger charge is -2.30. The second-order valence-electron chi connectivity index (χ2n) is 9.06. The zero-order valence-electron chi connectivity index (χ0n) is 20.5. The van der Waals surface area contributed by atoms with E-state index in [0.717, 1.165) is 46.1 Å². The molecule has 0 saturated carbocycles. The van der Waals surface area contributed by atoms with Gasteiger partial charge >= 0.3 is 0 Å². The van der Waals surface area contributed by atoms with Crippen LogP contribution in [0.4, 0.5) is 11.4 Å². The first kappa shape index (κ1) is 24.1. The molecule has 1 aromatic heterocycles. The predicted molar refractivity (Wildman–Crippen MR) is 141 cm³/mol. The van der Waals surface area contributed by atoms with Crippen LogP contribution in [-0.4, -0.2) is 46.3 Å². The molecule has 3 aromatic rings. The van der Waals surface area contributed by atoms with Gasteiger partial charge in [-0.25, -0.2) is 4.68 Å². The van der Waals surface area contributed by atoms with E-state index in [4.69, 9.17) is 5.73 Å². The molecule has 2 aromatic carbocycles. The van der Waals surface area contributed by atoms with Crippen molar-refractivity contribution in [2.24, 2.45) is 5.73 Å². The van der Waals surface area contributed by atoms with E-state index in [-0.39, 0.29) is 17.5 Å². The molecule has 3 heterocycles. The van der Waals surface area contributed by atoms with Gasteiger partial charge in [-0.2, -0.15) is 5.10 Å². The van der Waals surface area contributed by atoms with Gasteiger partial charge in [0.15, 0.2) is 5.69 Å². The van der Waals surface area contributed by atoms with Crippen LogP contribution >= 0.6 is 11.8 Å². The third-order valence-corrected chi connectivity index (χ3v) is 7.64. The molecule has 5 rings (SSSR count). The molecule has 0 spiro atoms. The van der Waals surface area contributed by atoms with Crippen molar-refractivity contribution in [3.05, 3.63) is 65.0 Å². The summed E-state index contributed by atoms with van der Waals surface area (Å²) in [6, 6.07) is 13.6. The first-order valence-corrected chi connectivity index (χ1v) is 13.3. The standard InChI is InChI=1S/C27H29N5O3S/c1-3-36-20-12-7-17(2)22(16-20)32-25-21(24(29-32)26(28)34)13-15-31(27(25)35)19-10-8-18(9-11-19)30-14-5-4-6-23(30)33/h7-12,16H,3-6,13-15H2,1-2H3,(H2,28,34). The van der Waals surface area contributed by atoms with Crippen molar-refractivity contribution < 1.29 is 14.4 Å². The van der Waals surface area contributed by atoms with Crippen LogP contribution in [0, 0.1) is 6.92 Å². The van der Waals surface area contributed by atoms with E-state index < -0.39 is 5.91 Å². The topological polar surface area (TPSA) is 102 Å². The highest BCUT2D eigenvalue weighted by Crippen LogP contribution is 2.32. The van der Waals surface area contributed by atoms with Crippen LogP contribution in [0.3, 0.4) is 0 Å². The zero-order chi connectivity index (χ0) is 25.4. The summed E-state index contributed by atoms with van der Waals surface area (Å²) in [5, 5.41) is 4.53. The fourth-order valence-electron chi connectivity index (χ4n) is 4.94. The van der Waals surface area contributed by atoms with Gasteiger partial charge in [-0.1, -0.05) is 13.0 Å². The largest absolute Gasteiger partial charge is 0.364 e. The Labute approximate surface area is 214 Å². The molecule has 0 atom stereocenters. The first-order chi connectivity index (χ1) is 17.4. The highest BCUT2D eigenvalue weighted by atomic mass is 32.2. The molecule has 9 heteroatoms. The number of carbonyl (C=O) groups excluding carboxylic acids is 3. The third-order valence-electron chi connectivity index (χ3n) is 6.77. The van der Waals surface area contributed by atoms with Crippen molar-refractivity contribution in [1.82, 2.24) is 9.78 Å². The molecule has 2 aliphatic heterocycles. The van der Waals surface area contributed by atoms with Crippen LogP contribution in [-0.2, 0) is 11.2 Å². The normalized spacial score (nSPS) is 15.8. The second kappa shape index (κ2) is 9.81. The number of aryl methyl sites for hydroxylation is 1. The van der Waals surface area contributed by atoms with Gasteiger partial charge in [-0.3, -0.25) is 14.4 Å². The molecule has 186 valence electrons. The zero-order valence-corrected chi connectivity index (χ0v) is 21.3. The molecule has 0 unspecified atom stereocenters. The van der Waals surface area contributed by atoms with Gasteiger partial charge in [-0.15, -0.1) is 11.8 Å². The van der Waals surface area contributed by atoms with E-state index >= 15 is 0 Å². The Morgan fingerprint density at radius 2 is 1.72 bits per heavy atom. The van der Waals surface area contributed by atoms with Gasteiger partial charge in [0.2, 0.25) is 5.91 Å². The van der Waals surface area contributed by atoms with Gasteiger partial charge in [0.1, 0.15) is 5.69 Å². The molecular formula is C27H29N5O3S. The number of amides is 3. The minimum Gasteiger partial charge on any atom is -0.364 e. The number of hydrogen-bond donors (Lipinski definition) is 1. The summed E-state index contributed by atoms with van der Waals surface area (Å²) >= 11 is 1.70. The van der Waals surface area contributed by atoms with E-state index in [0.29, 0.717) is 37.2 Å². The van der Waals surface area contributed by atoms with Crippen LogP contribution < -0.4 is 15.5 Å². The van der Waals surface area contributed by atoms with Crippen molar-refractivity contribution in [2.75, 3.05) is 28.6 Å². The highest BCUT2D eigenvalue weighted by molar-refractivity contribution is 7.99. The smallest absolute Gasteiger partial charge is 0.277 e. The molecule has 1 fully saturated rings. The molecular weight excluding hydrogens is 474 g/mol. The molecule has 2 aliphatic rings. The monoisotopic (exact) mass is 503 g/mol. The Kier molecular flexibility index (Phi) is 6.57. The quantitative estimate of drug-likeness (QED) is 0.510. The van der Waals surface area contributed by atoms with Gasteiger partial charge < -0.3 is 15.5 Å². The maximum absolute atomic E-state index is 13.9. The number of benzene rings is 2. The maximum atomic E-state index is 13.9. The Balaban J connectivity index is 1.53. The fraction of sp³-hybridized carbons (Fsp3) is 0.333. The number of hydrogen-bond acceptors (Lipinski definition) is 5. The van der Waals surface area contributed by atoms with Crippen LogP contribution in [0.2, 0.25) is 0 Å². The summed E-state index contributed by atoms with van der Waals surface area (Å²) in [4.78, 5) is 43.0. The number of primary amides is 1. The van der Waals surface area contributed by atoms with Gasteiger partial charge in [0.05, 0.1) is 5.69 Å². The van der Waals surface area contributed by atoms with E-state index in [2.05, 4.69) is 12.0 Å². The molecule has 3 amide bonds. The number of piperidine rings is 1. The number of fused-ring (bicyclic) bond motifs is 1. The van der Waals surface area contributed by atoms with E-state index in [1.807, 2.05) is 54.3 Å². The molecule has 8 nitrogen and oxygen atoms in total. The van der Waals surface area contributed by atoms with Gasteiger partial charge in [0.25, 0.3) is 11.8 Å². The number of rotatable bonds is 6. The first-order valence-electron chi connectivity index (χ1n) is 12.3. The maximum Gasteiger partial charge on any atom is 0.277 e. The fourth-order valence-corrected chi connectivity index (χ4v) is 5.64. The van der Waals surface area contributed by atoms with Crippen molar-refractivity contribution in [2.45, 2.75) is 44.4 Å². The van der Waals surface area contributed by atoms with Crippen molar-refractivity contribution in [3.63, 3.8) is 0 Å². The van der Waals surface area contributed by atoms with Crippen molar-refractivity contribution in [1.29, 1.82) is 0 Å². The minimum absolute atomic E-state index is 0.134. The highest BCUT2D eigenvalue weighted by Gasteiger charge is 2.35. The Bertz CT molecular complexity index is 1350. The summed E-state index contributed by atoms with van der Waals surface area (Å²) in [7, 11) is 0. The number of aromatic nitrogens is 2. The van der Waals surface area contributed by atoms with Gasteiger partial charge in [-0.05, 0) is 73.9 Å². The van der Waals surface area contributed by atoms with E-state index in [9.17, 15) is 14.4 Å². The Morgan fingerprint density at radius 3 is 2.39 bits per heavy atom. The Hall–Kier alpha value is -3.59. The summed E-state index contributed by atoms with van der Waals surface area (Å²) in [6.07, 6.45) is 2.95. The number of nitrogens with two attached hydrogens (primary N) is 1. The molecule has 2 N–H and O–H groups in total. The second-order valence-corrected chi connectivity index (χ2v) is 10.4. The SMILES string of the molecule is CCSc1ccc(C)c(-n2nc(C(N)=O)c3c2C(=O)N(c2ccc(N4CCCCC4=O)cc2)CC3)c1. The van der Waals surface area contributed by atoms with Crippen LogP contribution in [0.5, 0.6) is 0 Å². The van der Waals surface area contributed by atoms with Crippen molar-refractivity contribution >= 4 is 40.9 Å². The Morgan fingerprint density at radius 1 is 1.00 bits per heavy atom. The minimum atomic E-state index is -0.640. The van der Waals surface area contributed by atoms with Crippen LogP contribution in [0.1, 0.15) is 58.3 Å². The number of carbonyl (C=O) groups is 3. The average Bonchev–Trinajstić information content (AvgIpc) is 3.27. The lowest BCUT2D eigenvalue weighted by Crippen LogP contribution is -2.39. The third kappa shape index (κ3) is 4.28. The summed E-state index contributed by atoms with van der Waals surface area (Å²) in [6.45, 7) is 5.16. The molecule has 0 aliphatic carbocycles. The number of nitrogens with zero attached hydrogens (tertiary/aromatic N) is 4.